The second-order valence-corrected chi connectivity index (χ2v) is 9.88. The minimum absolute atomic E-state index is 0.0874. The van der Waals surface area contributed by atoms with Crippen LogP contribution in [0.25, 0.3) is 0 Å². The average molecular weight is 374 g/mol. The molecule has 1 saturated heterocycles. The molecule has 1 aromatic carbocycles. The number of likely N-dealkylation sites (tertiary alicyclic amines) is 1. The lowest BCUT2D eigenvalue weighted by Gasteiger charge is -2.42. The highest BCUT2D eigenvalue weighted by atomic mass is 35.5. The van der Waals surface area contributed by atoms with Crippen molar-refractivity contribution in [2.24, 2.45) is 5.92 Å². The van der Waals surface area contributed by atoms with Gasteiger partial charge >= 0.3 is 0 Å². The van der Waals surface area contributed by atoms with Gasteiger partial charge in [-0.1, -0.05) is 25.4 Å². The fraction of sp³-hybridized carbons (Fsp3) is 0.588. The van der Waals surface area contributed by atoms with Crippen LogP contribution in [0.3, 0.4) is 0 Å². The van der Waals surface area contributed by atoms with Crippen molar-refractivity contribution < 1.29 is 17.9 Å². The highest BCUT2D eigenvalue weighted by Gasteiger charge is 2.44. The third-order valence-corrected chi connectivity index (χ3v) is 6.61. The van der Waals surface area contributed by atoms with Crippen molar-refractivity contribution >= 4 is 27.3 Å². The van der Waals surface area contributed by atoms with Crippen LogP contribution in [0.5, 0.6) is 5.75 Å². The Morgan fingerprint density at radius 1 is 1.29 bits per heavy atom. The molecule has 1 amide bonds. The van der Waals surface area contributed by atoms with Crippen molar-refractivity contribution in [1.29, 1.82) is 0 Å². The van der Waals surface area contributed by atoms with E-state index in [1.54, 1.807) is 43.0 Å². The Hall–Kier alpha value is -1.27. The smallest absolute Gasteiger partial charge is 0.266 e. The first-order valence-electron chi connectivity index (χ1n) is 7.97. The summed E-state index contributed by atoms with van der Waals surface area (Å²) < 4.78 is 30.1. The zero-order valence-corrected chi connectivity index (χ0v) is 16.0. The fourth-order valence-corrected chi connectivity index (χ4v) is 4.80. The molecule has 0 atom stereocenters. The molecule has 134 valence electrons. The summed E-state index contributed by atoms with van der Waals surface area (Å²) in [6, 6.07) is 6.78. The third-order valence-electron chi connectivity index (χ3n) is 3.91. The van der Waals surface area contributed by atoms with Gasteiger partial charge in [-0.05, 0) is 44.0 Å². The molecule has 1 aliphatic rings. The minimum atomic E-state index is -3.15. The van der Waals surface area contributed by atoms with Crippen LogP contribution in [0.2, 0.25) is 5.02 Å². The first-order valence-corrected chi connectivity index (χ1v) is 10.1. The Balaban J connectivity index is 1.96. The second kappa shape index (κ2) is 6.92. The van der Waals surface area contributed by atoms with E-state index in [1.165, 1.54) is 0 Å². The molecule has 1 heterocycles. The number of sulfone groups is 1. The van der Waals surface area contributed by atoms with Crippen LogP contribution in [-0.2, 0) is 14.6 Å². The van der Waals surface area contributed by atoms with Crippen molar-refractivity contribution in [3.05, 3.63) is 29.3 Å². The van der Waals surface area contributed by atoms with Gasteiger partial charge in [-0.15, -0.1) is 0 Å². The number of ether oxygens (including phenoxy) is 1. The van der Waals surface area contributed by atoms with Gasteiger partial charge in [-0.3, -0.25) is 4.79 Å². The van der Waals surface area contributed by atoms with E-state index in [9.17, 15) is 13.2 Å². The molecule has 0 aliphatic carbocycles. The van der Waals surface area contributed by atoms with E-state index in [4.69, 9.17) is 16.3 Å². The summed E-state index contributed by atoms with van der Waals surface area (Å²) in [5.74, 6) is 0.574. The summed E-state index contributed by atoms with van der Waals surface area (Å²) in [6.07, 6.45) is 0. The Morgan fingerprint density at radius 3 is 2.33 bits per heavy atom. The number of rotatable bonds is 6. The summed E-state index contributed by atoms with van der Waals surface area (Å²) in [7, 11) is -3.15. The maximum atomic E-state index is 12.6. The van der Waals surface area contributed by atoms with Crippen molar-refractivity contribution in [3.8, 4) is 5.75 Å². The Kier molecular flexibility index (Phi) is 5.50. The van der Waals surface area contributed by atoms with Crippen molar-refractivity contribution in [3.63, 3.8) is 0 Å². The molecule has 0 saturated carbocycles. The van der Waals surface area contributed by atoms with Crippen LogP contribution in [0.1, 0.15) is 27.7 Å². The highest BCUT2D eigenvalue weighted by Crippen LogP contribution is 2.26. The predicted octanol–water partition coefficient (Wildman–Crippen LogP) is 2.78. The molecular weight excluding hydrogens is 350 g/mol. The van der Waals surface area contributed by atoms with Crippen LogP contribution in [0, 0.1) is 5.92 Å². The van der Waals surface area contributed by atoms with E-state index in [2.05, 4.69) is 0 Å². The van der Waals surface area contributed by atoms with Crippen LogP contribution < -0.4 is 4.74 Å². The maximum Gasteiger partial charge on any atom is 0.266 e. The molecule has 0 radical (unpaired) electrons. The monoisotopic (exact) mass is 373 g/mol. The largest absolute Gasteiger partial charge is 0.478 e. The standard InChI is InChI=1S/C17H24ClNO4S/c1-12(2)11-24(21,22)15-9-19(10-15)16(20)17(3,4)23-14-7-5-13(18)6-8-14/h5-8,12,15H,9-11H2,1-4H3. The van der Waals surface area contributed by atoms with Crippen LogP contribution in [-0.4, -0.2) is 48.9 Å². The molecule has 0 spiro atoms. The van der Waals surface area contributed by atoms with Gasteiger partial charge in [0.15, 0.2) is 15.4 Å². The van der Waals surface area contributed by atoms with Gasteiger partial charge in [0.05, 0.1) is 11.0 Å². The number of amides is 1. The van der Waals surface area contributed by atoms with E-state index in [1.807, 2.05) is 13.8 Å². The zero-order valence-electron chi connectivity index (χ0n) is 14.5. The number of carbonyl (C=O) groups excluding carboxylic acids is 1. The van der Waals surface area contributed by atoms with Crippen LogP contribution in [0.4, 0.5) is 0 Å². The van der Waals surface area contributed by atoms with Gasteiger partial charge < -0.3 is 9.64 Å². The quantitative estimate of drug-likeness (QED) is 0.769. The molecule has 0 unspecified atom stereocenters. The topological polar surface area (TPSA) is 63.7 Å². The van der Waals surface area contributed by atoms with Gasteiger partial charge in [-0.25, -0.2) is 8.42 Å². The number of halogens is 1. The summed E-state index contributed by atoms with van der Waals surface area (Å²) >= 11 is 5.83. The van der Waals surface area contributed by atoms with E-state index < -0.39 is 20.7 Å². The molecule has 24 heavy (non-hydrogen) atoms. The number of hydrogen-bond acceptors (Lipinski definition) is 4. The molecule has 5 nitrogen and oxygen atoms in total. The first-order chi connectivity index (χ1) is 11.0. The lowest BCUT2D eigenvalue weighted by atomic mass is 10.0. The Morgan fingerprint density at radius 2 is 1.83 bits per heavy atom. The number of benzene rings is 1. The summed E-state index contributed by atoms with van der Waals surface area (Å²) in [6.45, 7) is 7.59. The fourth-order valence-electron chi connectivity index (χ4n) is 2.65. The van der Waals surface area contributed by atoms with Crippen molar-refractivity contribution in [2.45, 2.75) is 38.5 Å². The number of carbonyl (C=O) groups is 1. The lowest BCUT2D eigenvalue weighted by Crippen LogP contribution is -2.62. The molecule has 0 aromatic heterocycles. The van der Waals surface area contributed by atoms with Gasteiger partial charge in [0.25, 0.3) is 5.91 Å². The highest BCUT2D eigenvalue weighted by molar-refractivity contribution is 7.92. The van der Waals surface area contributed by atoms with Crippen molar-refractivity contribution in [1.82, 2.24) is 4.90 Å². The minimum Gasteiger partial charge on any atom is -0.478 e. The van der Waals surface area contributed by atoms with E-state index in [-0.39, 0.29) is 30.7 Å². The van der Waals surface area contributed by atoms with Crippen LogP contribution >= 0.6 is 11.6 Å². The zero-order chi connectivity index (χ0) is 18.1. The number of hydrogen-bond donors (Lipinski definition) is 0. The van der Waals surface area contributed by atoms with Crippen LogP contribution in [0.15, 0.2) is 24.3 Å². The molecule has 0 bridgehead atoms. The van der Waals surface area contributed by atoms with Gasteiger partial charge in [0.1, 0.15) is 5.75 Å². The summed E-state index contributed by atoms with van der Waals surface area (Å²) in [5, 5.41) is 0.127. The third kappa shape index (κ3) is 4.42. The molecule has 7 heteroatoms. The van der Waals surface area contributed by atoms with E-state index in [0.717, 1.165) is 0 Å². The van der Waals surface area contributed by atoms with E-state index >= 15 is 0 Å². The average Bonchev–Trinajstić information content (AvgIpc) is 2.37. The normalized spacial score (nSPS) is 16.2. The van der Waals surface area contributed by atoms with Gasteiger partial charge in [0, 0.05) is 18.1 Å². The molecule has 2 rings (SSSR count). The lowest BCUT2D eigenvalue weighted by molar-refractivity contribution is -0.148. The van der Waals surface area contributed by atoms with Crippen molar-refractivity contribution in [2.75, 3.05) is 18.8 Å². The number of nitrogens with zero attached hydrogens (tertiary/aromatic N) is 1. The Labute approximate surface area is 148 Å². The van der Waals surface area contributed by atoms with Gasteiger partial charge in [-0.2, -0.15) is 0 Å². The van der Waals surface area contributed by atoms with E-state index in [0.29, 0.717) is 10.8 Å². The molecule has 1 aliphatic heterocycles. The Bertz CT molecular complexity index is 692. The molecular formula is C17H24ClNO4S. The SMILES string of the molecule is CC(C)CS(=O)(=O)C1CN(C(=O)C(C)(C)Oc2ccc(Cl)cc2)C1. The predicted molar refractivity (Wildman–Crippen MR) is 95.2 cm³/mol. The van der Waals surface area contributed by atoms with Gasteiger partial charge in [0.2, 0.25) is 0 Å². The second-order valence-electron chi connectivity index (χ2n) is 7.12. The summed E-state index contributed by atoms with van der Waals surface area (Å²) in [4.78, 5) is 14.1. The first kappa shape index (κ1) is 19.1. The molecule has 1 fully saturated rings. The maximum absolute atomic E-state index is 12.6. The molecule has 0 N–H and O–H groups in total. The molecule has 1 aromatic rings. The summed E-state index contributed by atoms with van der Waals surface area (Å²) in [5.41, 5.74) is -1.07.